The fourth-order valence-electron chi connectivity index (χ4n) is 1.03. The summed E-state index contributed by atoms with van der Waals surface area (Å²) in [6.45, 7) is 0. The molecular weight excluding hydrogens is 246 g/mol. The Kier molecular flexibility index (Phi) is 3.10. The Morgan fingerprint density at radius 3 is 2.65 bits per heavy atom. The number of anilines is 1. The molecule has 86 valence electrons. The van der Waals surface area contributed by atoms with Crippen molar-refractivity contribution in [1.29, 1.82) is 0 Å². The first-order valence-corrected chi connectivity index (χ1v) is 4.89. The van der Waals surface area contributed by atoms with E-state index in [1.807, 2.05) is 0 Å². The quantitative estimate of drug-likeness (QED) is 0.808. The smallest absolute Gasteiger partial charge is 0.277 e. The van der Waals surface area contributed by atoms with E-state index in [0.29, 0.717) is 0 Å². The van der Waals surface area contributed by atoms with E-state index in [2.05, 4.69) is 25.7 Å². The Hall–Kier alpha value is -2.28. The molecule has 17 heavy (non-hydrogen) atoms. The van der Waals surface area contributed by atoms with Gasteiger partial charge in [-0.15, -0.1) is 10.2 Å². The Bertz CT molecular complexity index is 575. The number of hydrogen-bond acceptors (Lipinski definition) is 5. The summed E-state index contributed by atoms with van der Waals surface area (Å²) in [5, 5.41) is 15.6. The zero-order chi connectivity index (χ0) is 12.3. The zero-order valence-corrected chi connectivity index (χ0v) is 9.10. The lowest BCUT2D eigenvalue weighted by Crippen LogP contribution is -2.17. The van der Waals surface area contributed by atoms with Crippen molar-refractivity contribution in [2.24, 2.45) is 0 Å². The molecule has 0 aliphatic rings. The molecule has 0 aliphatic heterocycles. The molecule has 0 spiro atoms. The molecule has 2 aromatic heterocycles. The number of rotatable bonds is 2. The van der Waals surface area contributed by atoms with Gasteiger partial charge in [-0.2, -0.15) is 5.10 Å². The number of carbonyl (C=O) groups is 1. The predicted molar refractivity (Wildman–Crippen MR) is 59.9 cm³/mol. The van der Waals surface area contributed by atoms with Gasteiger partial charge in [-0.25, -0.2) is 5.10 Å². The van der Waals surface area contributed by atoms with E-state index in [1.165, 1.54) is 24.3 Å². The molecule has 0 radical (unpaired) electrons. The van der Waals surface area contributed by atoms with E-state index < -0.39 is 5.91 Å². The molecule has 0 saturated heterocycles. The number of hydrogen-bond donors (Lipinski definition) is 2. The molecule has 0 fully saturated rings. The van der Waals surface area contributed by atoms with Crippen LogP contribution in [-0.4, -0.2) is 26.3 Å². The van der Waals surface area contributed by atoms with Crippen LogP contribution in [-0.2, 0) is 0 Å². The molecule has 1 amide bonds. The van der Waals surface area contributed by atoms with Crippen molar-refractivity contribution in [3.05, 3.63) is 45.5 Å². The summed E-state index contributed by atoms with van der Waals surface area (Å²) in [4.78, 5) is 22.4. The maximum Gasteiger partial charge on any atom is 0.277 e. The Balaban J connectivity index is 2.14. The molecule has 0 saturated carbocycles. The second-order valence-corrected chi connectivity index (χ2v) is 3.39. The first kappa shape index (κ1) is 11.2. The average Bonchev–Trinajstić information content (AvgIpc) is 2.33. The van der Waals surface area contributed by atoms with Crippen LogP contribution in [0.1, 0.15) is 10.5 Å². The van der Waals surface area contributed by atoms with Crippen molar-refractivity contribution < 1.29 is 4.79 Å². The minimum Gasteiger partial charge on any atom is -0.304 e. The van der Waals surface area contributed by atoms with Gasteiger partial charge < -0.3 is 5.32 Å². The van der Waals surface area contributed by atoms with Crippen molar-refractivity contribution in [2.45, 2.75) is 0 Å². The average molecular weight is 252 g/mol. The number of carbonyl (C=O) groups excluding carboxylic acids is 1. The summed E-state index contributed by atoms with van der Waals surface area (Å²) < 4.78 is 0. The Labute approximate surface area is 99.8 Å². The van der Waals surface area contributed by atoms with Gasteiger partial charge in [0.05, 0.1) is 0 Å². The summed E-state index contributed by atoms with van der Waals surface area (Å²) in [5.74, 6) is -0.278. The van der Waals surface area contributed by atoms with E-state index in [9.17, 15) is 9.59 Å². The summed E-state index contributed by atoms with van der Waals surface area (Å²) in [6, 6.07) is 5.50. The van der Waals surface area contributed by atoms with Gasteiger partial charge in [0.15, 0.2) is 16.7 Å². The molecule has 8 heteroatoms. The fourth-order valence-corrected chi connectivity index (χ4v) is 1.13. The Morgan fingerprint density at radius 1 is 1.24 bits per heavy atom. The second-order valence-electron chi connectivity index (χ2n) is 3.00. The standard InChI is InChI=1S/C9H6ClN5O2/c10-6-2-1-5(12-13-6)9(17)11-7-3-4-8(16)15-14-7/h1-4H,(H,15,16)(H,11,14,17). The van der Waals surface area contributed by atoms with Crippen molar-refractivity contribution >= 4 is 23.3 Å². The predicted octanol–water partition coefficient (Wildman–Crippen LogP) is 0.466. The van der Waals surface area contributed by atoms with Gasteiger partial charge >= 0.3 is 0 Å². The van der Waals surface area contributed by atoms with Crippen molar-refractivity contribution in [2.75, 3.05) is 5.32 Å². The largest absolute Gasteiger partial charge is 0.304 e. The van der Waals surface area contributed by atoms with Crippen LogP contribution >= 0.6 is 11.6 Å². The van der Waals surface area contributed by atoms with Gasteiger partial charge in [-0.05, 0) is 18.2 Å². The third-order valence-electron chi connectivity index (χ3n) is 1.79. The number of nitrogens with zero attached hydrogens (tertiary/aromatic N) is 3. The number of aromatic amines is 1. The third-order valence-corrected chi connectivity index (χ3v) is 1.99. The number of aromatic nitrogens is 4. The first-order valence-electron chi connectivity index (χ1n) is 4.51. The highest BCUT2D eigenvalue weighted by molar-refractivity contribution is 6.29. The molecule has 2 rings (SSSR count). The van der Waals surface area contributed by atoms with Crippen molar-refractivity contribution in [1.82, 2.24) is 20.4 Å². The maximum atomic E-state index is 11.6. The monoisotopic (exact) mass is 251 g/mol. The van der Waals surface area contributed by atoms with Crippen LogP contribution in [0.3, 0.4) is 0 Å². The highest BCUT2D eigenvalue weighted by Crippen LogP contribution is 2.04. The lowest BCUT2D eigenvalue weighted by molar-refractivity contribution is 0.102. The molecular formula is C9H6ClN5O2. The molecule has 0 aromatic carbocycles. The lowest BCUT2D eigenvalue weighted by Gasteiger charge is -2.01. The minimum absolute atomic E-state index is 0.0994. The van der Waals surface area contributed by atoms with E-state index in [-0.39, 0.29) is 22.2 Å². The molecule has 2 N–H and O–H groups in total. The van der Waals surface area contributed by atoms with Crippen LogP contribution in [0, 0.1) is 0 Å². The van der Waals surface area contributed by atoms with Crippen LogP contribution < -0.4 is 10.9 Å². The van der Waals surface area contributed by atoms with Gasteiger partial charge in [0.1, 0.15) is 0 Å². The number of H-pyrrole nitrogens is 1. The number of amides is 1. The lowest BCUT2D eigenvalue weighted by atomic mass is 10.3. The van der Waals surface area contributed by atoms with E-state index in [4.69, 9.17) is 11.6 Å². The SMILES string of the molecule is O=C(Nc1ccc(=O)[nH]n1)c1ccc(Cl)nn1. The highest BCUT2D eigenvalue weighted by atomic mass is 35.5. The minimum atomic E-state index is -0.492. The van der Waals surface area contributed by atoms with Crippen LogP contribution in [0.15, 0.2) is 29.1 Å². The van der Waals surface area contributed by atoms with Gasteiger partial charge in [0, 0.05) is 6.07 Å². The fraction of sp³-hybridized carbons (Fsp3) is 0. The summed E-state index contributed by atoms with van der Waals surface area (Å²) in [6.07, 6.45) is 0. The molecule has 2 aromatic rings. The molecule has 0 bridgehead atoms. The molecule has 0 unspecified atom stereocenters. The van der Waals surface area contributed by atoms with Crippen LogP contribution in [0.25, 0.3) is 0 Å². The summed E-state index contributed by atoms with van der Waals surface area (Å²) >= 11 is 5.54. The second kappa shape index (κ2) is 4.71. The molecule has 2 heterocycles. The number of nitrogens with one attached hydrogen (secondary N) is 2. The van der Waals surface area contributed by atoms with Crippen molar-refractivity contribution in [3.63, 3.8) is 0 Å². The van der Waals surface area contributed by atoms with Gasteiger partial charge in [-0.3, -0.25) is 9.59 Å². The normalized spacial score (nSPS) is 9.94. The van der Waals surface area contributed by atoms with Gasteiger partial charge in [-0.1, -0.05) is 11.6 Å². The summed E-state index contributed by atoms with van der Waals surface area (Å²) in [5.41, 5.74) is -0.253. The summed E-state index contributed by atoms with van der Waals surface area (Å²) in [7, 11) is 0. The maximum absolute atomic E-state index is 11.6. The number of halogens is 1. The zero-order valence-electron chi connectivity index (χ0n) is 8.35. The van der Waals surface area contributed by atoms with Crippen LogP contribution in [0.4, 0.5) is 5.82 Å². The first-order chi connectivity index (χ1) is 8.15. The van der Waals surface area contributed by atoms with E-state index >= 15 is 0 Å². The topological polar surface area (TPSA) is 101 Å². The van der Waals surface area contributed by atoms with Crippen LogP contribution in [0.2, 0.25) is 5.15 Å². The molecule has 0 atom stereocenters. The van der Waals surface area contributed by atoms with Gasteiger partial charge in [0.2, 0.25) is 0 Å². The molecule has 0 aliphatic carbocycles. The van der Waals surface area contributed by atoms with E-state index in [1.54, 1.807) is 0 Å². The Morgan fingerprint density at radius 2 is 2.06 bits per heavy atom. The molecule has 7 nitrogen and oxygen atoms in total. The van der Waals surface area contributed by atoms with E-state index in [0.717, 1.165) is 0 Å². The van der Waals surface area contributed by atoms with Crippen LogP contribution in [0.5, 0.6) is 0 Å². The van der Waals surface area contributed by atoms with Crippen molar-refractivity contribution in [3.8, 4) is 0 Å². The third kappa shape index (κ3) is 2.85. The van der Waals surface area contributed by atoms with Gasteiger partial charge in [0.25, 0.3) is 11.5 Å². The highest BCUT2D eigenvalue weighted by Gasteiger charge is 2.08.